The van der Waals surface area contributed by atoms with Crippen molar-refractivity contribution in [3.05, 3.63) is 53.9 Å². The predicted molar refractivity (Wildman–Crippen MR) is 69.3 cm³/mol. The van der Waals surface area contributed by atoms with Gasteiger partial charge in [0.05, 0.1) is 17.4 Å². The van der Waals surface area contributed by atoms with Gasteiger partial charge >= 0.3 is 5.97 Å². The maximum Gasteiger partial charge on any atom is 0.338 e. The number of rotatable bonds is 5. The van der Waals surface area contributed by atoms with Crippen molar-refractivity contribution in [2.75, 3.05) is 5.32 Å². The Bertz CT molecular complexity index is 668. The van der Waals surface area contributed by atoms with Crippen LogP contribution in [0.25, 0.3) is 6.20 Å². The number of benzene rings is 1. The van der Waals surface area contributed by atoms with E-state index in [9.17, 15) is 13.6 Å². The Morgan fingerprint density at radius 2 is 2.20 bits per heavy atom. The average molecular weight is 279 g/mol. The molecule has 0 unspecified atom stereocenters. The summed E-state index contributed by atoms with van der Waals surface area (Å²) in [5, 5.41) is 15.4. The van der Waals surface area contributed by atoms with E-state index in [2.05, 4.69) is 17.0 Å². The fourth-order valence-electron chi connectivity index (χ4n) is 1.61. The van der Waals surface area contributed by atoms with Crippen molar-refractivity contribution in [3.8, 4) is 0 Å². The van der Waals surface area contributed by atoms with Gasteiger partial charge in [0.1, 0.15) is 11.6 Å². The van der Waals surface area contributed by atoms with Crippen LogP contribution in [-0.2, 0) is 6.54 Å². The van der Waals surface area contributed by atoms with E-state index in [4.69, 9.17) is 5.11 Å². The third-order valence-electron chi connectivity index (χ3n) is 2.61. The highest BCUT2D eigenvalue weighted by molar-refractivity contribution is 5.89. The molecule has 1 aromatic heterocycles. The normalized spacial score (nSPS) is 10.3. The van der Waals surface area contributed by atoms with E-state index >= 15 is 0 Å². The SMILES string of the molecule is C=Cn1cc(CNc2cc(C(=O)O)c(F)cc2F)cn1. The molecular weight excluding hydrogens is 268 g/mol. The van der Waals surface area contributed by atoms with Gasteiger partial charge in [-0.15, -0.1) is 0 Å². The minimum Gasteiger partial charge on any atom is -0.478 e. The van der Waals surface area contributed by atoms with Gasteiger partial charge in [-0.2, -0.15) is 5.10 Å². The number of hydrogen-bond donors (Lipinski definition) is 2. The molecule has 2 aromatic rings. The molecule has 0 atom stereocenters. The van der Waals surface area contributed by atoms with E-state index in [-0.39, 0.29) is 12.2 Å². The van der Waals surface area contributed by atoms with E-state index in [1.54, 1.807) is 12.4 Å². The van der Waals surface area contributed by atoms with Crippen LogP contribution < -0.4 is 5.32 Å². The molecule has 2 N–H and O–H groups in total. The summed E-state index contributed by atoms with van der Waals surface area (Å²) in [7, 11) is 0. The fourth-order valence-corrected chi connectivity index (χ4v) is 1.61. The second kappa shape index (κ2) is 5.52. The Morgan fingerprint density at radius 3 is 2.80 bits per heavy atom. The van der Waals surface area contributed by atoms with Crippen LogP contribution in [0.2, 0.25) is 0 Å². The van der Waals surface area contributed by atoms with Crippen LogP contribution in [0.4, 0.5) is 14.5 Å². The smallest absolute Gasteiger partial charge is 0.338 e. The Morgan fingerprint density at radius 1 is 1.45 bits per heavy atom. The van der Waals surface area contributed by atoms with E-state index in [0.717, 1.165) is 11.6 Å². The van der Waals surface area contributed by atoms with Crippen LogP contribution in [0.1, 0.15) is 15.9 Å². The molecule has 7 heteroatoms. The van der Waals surface area contributed by atoms with E-state index in [1.807, 2.05) is 0 Å². The zero-order valence-electron chi connectivity index (χ0n) is 10.3. The Kier molecular flexibility index (Phi) is 3.79. The van der Waals surface area contributed by atoms with Crippen molar-refractivity contribution in [2.45, 2.75) is 6.54 Å². The highest BCUT2D eigenvalue weighted by Gasteiger charge is 2.15. The van der Waals surface area contributed by atoms with E-state index in [1.165, 1.54) is 10.9 Å². The molecule has 5 nitrogen and oxygen atoms in total. The highest BCUT2D eigenvalue weighted by Crippen LogP contribution is 2.20. The summed E-state index contributed by atoms with van der Waals surface area (Å²) in [5.41, 5.74) is 0.0661. The van der Waals surface area contributed by atoms with Crippen molar-refractivity contribution in [3.63, 3.8) is 0 Å². The standard InChI is InChI=1S/C13H11F2N3O2/c1-2-18-7-8(6-17-18)5-16-12-3-9(13(19)20)10(14)4-11(12)15/h2-4,6-7,16H,1,5H2,(H,19,20). The largest absolute Gasteiger partial charge is 0.478 e. The summed E-state index contributed by atoms with van der Waals surface area (Å²) in [6, 6.07) is 1.46. The number of aromatic nitrogens is 2. The first-order chi connectivity index (χ1) is 9.51. The molecule has 0 saturated carbocycles. The zero-order chi connectivity index (χ0) is 14.7. The molecule has 0 spiro atoms. The van der Waals surface area contributed by atoms with Gasteiger partial charge < -0.3 is 10.4 Å². The van der Waals surface area contributed by atoms with Gasteiger partial charge in [0.2, 0.25) is 0 Å². The van der Waals surface area contributed by atoms with Gasteiger partial charge in [-0.3, -0.25) is 0 Å². The first-order valence-electron chi connectivity index (χ1n) is 5.63. The molecule has 0 aliphatic carbocycles. The molecule has 1 heterocycles. The maximum atomic E-state index is 13.5. The molecule has 2 rings (SSSR count). The molecular formula is C13H11F2N3O2. The molecule has 20 heavy (non-hydrogen) atoms. The van der Waals surface area contributed by atoms with Crippen molar-refractivity contribution in [1.82, 2.24) is 9.78 Å². The Labute approximate surface area is 113 Å². The van der Waals surface area contributed by atoms with Crippen LogP contribution in [0.15, 0.2) is 31.1 Å². The number of aromatic carboxylic acids is 1. The topological polar surface area (TPSA) is 67.2 Å². The van der Waals surface area contributed by atoms with Crippen LogP contribution in [0, 0.1) is 11.6 Å². The third kappa shape index (κ3) is 2.82. The number of halogens is 2. The molecule has 0 aliphatic rings. The van der Waals surface area contributed by atoms with E-state index < -0.39 is 23.2 Å². The summed E-state index contributed by atoms with van der Waals surface area (Å²) in [6.45, 7) is 3.75. The van der Waals surface area contributed by atoms with Crippen LogP contribution in [0.3, 0.4) is 0 Å². The summed E-state index contributed by atoms with van der Waals surface area (Å²) in [5.74, 6) is -3.42. The predicted octanol–water partition coefficient (Wildman–Crippen LogP) is 2.57. The van der Waals surface area contributed by atoms with Crippen molar-refractivity contribution < 1.29 is 18.7 Å². The van der Waals surface area contributed by atoms with Crippen LogP contribution >= 0.6 is 0 Å². The molecule has 0 radical (unpaired) electrons. The molecule has 1 aromatic carbocycles. The number of anilines is 1. The molecule has 0 aliphatic heterocycles. The Balaban J connectivity index is 2.18. The van der Waals surface area contributed by atoms with Gasteiger partial charge in [0, 0.05) is 30.6 Å². The van der Waals surface area contributed by atoms with Gasteiger partial charge in [0.15, 0.2) is 0 Å². The fraction of sp³-hybridized carbons (Fsp3) is 0.0769. The first-order valence-corrected chi connectivity index (χ1v) is 5.63. The van der Waals surface area contributed by atoms with Gasteiger partial charge in [-0.25, -0.2) is 18.3 Å². The second-order valence-electron chi connectivity index (χ2n) is 3.98. The van der Waals surface area contributed by atoms with Crippen molar-refractivity contribution in [1.29, 1.82) is 0 Å². The first kappa shape index (κ1) is 13.7. The third-order valence-corrected chi connectivity index (χ3v) is 2.61. The van der Waals surface area contributed by atoms with Crippen molar-refractivity contribution in [2.24, 2.45) is 0 Å². The zero-order valence-corrected chi connectivity index (χ0v) is 10.3. The lowest BCUT2D eigenvalue weighted by molar-refractivity contribution is 0.0692. The summed E-state index contributed by atoms with van der Waals surface area (Å²) >= 11 is 0. The van der Waals surface area contributed by atoms with Gasteiger partial charge in [0.25, 0.3) is 0 Å². The summed E-state index contributed by atoms with van der Waals surface area (Å²) in [4.78, 5) is 10.8. The van der Waals surface area contributed by atoms with Crippen LogP contribution in [-0.4, -0.2) is 20.9 Å². The summed E-state index contributed by atoms with van der Waals surface area (Å²) in [6.07, 6.45) is 4.71. The number of carboxylic acids is 1. The minimum atomic E-state index is -1.45. The average Bonchev–Trinajstić information content (AvgIpc) is 2.85. The molecule has 104 valence electrons. The highest BCUT2D eigenvalue weighted by atomic mass is 19.1. The quantitative estimate of drug-likeness (QED) is 0.882. The molecule has 0 fully saturated rings. The summed E-state index contributed by atoms with van der Waals surface area (Å²) < 4.78 is 28.2. The monoisotopic (exact) mass is 279 g/mol. The van der Waals surface area contributed by atoms with Crippen LogP contribution in [0.5, 0.6) is 0 Å². The lowest BCUT2D eigenvalue weighted by Gasteiger charge is -2.08. The van der Waals surface area contributed by atoms with Gasteiger partial charge in [-0.1, -0.05) is 6.58 Å². The lowest BCUT2D eigenvalue weighted by atomic mass is 10.1. The molecule has 0 bridgehead atoms. The lowest BCUT2D eigenvalue weighted by Crippen LogP contribution is -2.06. The number of carboxylic acid groups (broad SMARTS) is 1. The number of nitrogens with one attached hydrogen (secondary N) is 1. The number of nitrogens with zero attached hydrogens (tertiary/aromatic N) is 2. The number of carbonyl (C=O) groups is 1. The maximum absolute atomic E-state index is 13.5. The van der Waals surface area contributed by atoms with Crippen molar-refractivity contribution >= 4 is 17.9 Å². The molecule has 0 amide bonds. The van der Waals surface area contributed by atoms with E-state index in [0.29, 0.717) is 6.07 Å². The van der Waals surface area contributed by atoms with Gasteiger partial charge in [-0.05, 0) is 6.07 Å². The minimum absolute atomic E-state index is 0.0878. The second-order valence-corrected chi connectivity index (χ2v) is 3.98. The Hall–Kier alpha value is -2.70. The number of hydrogen-bond acceptors (Lipinski definition) is 3. The molecule has 0 saturated heterocycles.